The van der Waals surface area contributed by atoms with Crippen molar-refractivity contribution in [2.45, 2.75) is 20.0 Å². The lowest BCUT2D eigenvalue weighted by Crippen LogP contribution is -1.96. The van der Waals surface area contributed by atoms with E-state index < -0.39 is 0 Å². The van der Waals surface area contributed by atoms with Gasteiger partial charge >= 0.3 is 0 Å². The van der Waals surface area contributed by atoms with E-state index >= 15 is 0 Å². The monoisotopic (exact) mass is 234 g/mol. The minimum absolute atomic E-state index is 0.217. The zero-order chi connectivity index (χ0) is 8.27. The van der Waals surface area contributed by atoms with Gasteiger partial charge in [0.05, 0.1) is 6.10 Å². The van der Waals surface area contributed by atoms with Gasteiger partial charge in [-0.1, -0.05) is 0 Å². The molecular weight excluding hydrogens is 224 g/mol. The van der Waals surface area contributed by atoms with Crippen LogP contribution in [-0.2, 0) is 4.74 Å². The van der Waals surface area contributed by atoms with E-state index in [1.54, 1.807) is 11.3 Å². The summed E-state index contributed by atoms with van der Waals surface area (Å²) in [7, 11) is 0. The van der Waals surface area contributed by atoms with E-state index in [4.69, 9.17) is 4.74 Å². The van der Waals surface area contributed by atoms with E-state index in [2.05, 4.69) is 34.3 Å². The van der Waals surface area contributed by atoms with Crippen LogP contribution in [0.15, 0.2) is 15.9 Å². The van der Waals surface area contributed by atoms with Gasteiger partial charge in [0.1, 0.15) is 0 Å². The summed E-state index contributed by atoms with van der Waals surface area (Å²) < 4.78 is 6.60. The number of rotatable bonds is 3. The lowest BCUT2D eigenvalue weighted by molar-refractivity contribution is 0.0785. The molecule has 0 aliphatic carbocycles. The van der Waals surface area contributed by atoms with Crippen LogP contribution in [0.3, 0.4) is 0 Å². The first-order chi connectivity index (χ1) is 5.25. The van der Waals surface area contributed by atoms with E-state index in [-0.39, 0.29) is 6.10 Å². The summed E-state index contributed by atoms with van der Waals surface area (Å²) in [5.74, 6) is 0. The third-order valence-electron chi connectivity index (χ3n) is 1.43. The van der Waals surface area contributed by atoms with Gasteiger partial charge in [0.25, 0.3) is 0 Å². The lowest BCUT2D eigenvalue weighted by Gasteiger charge is -2.09. The van der Waals surface area contributed by atoms with E-state index in [0.29, 0.717) is 0 Å². The quantitative estimate of drug-likeness (QED) is 0.777. The molecule has 0 spiro atoms. The van der Waals surface area contributed by atoms with Crippen molar-refractivity contribution in [3.05, 3.63) is 20.8 Å². The summed E-state index contributed by atoms with van der Waals surface area (Å²) in [4.78, 5) is 1.27. The zero-order valence-corrected chi connectivity index (χ0v) is 9.04. The molecule has 0 N–H and O–H groups in total. The molecule has 0 aliphatic rings. The second-order valence-electron chi connectivity index (χ2n) is 2.23. The van der Waals surface area contributed by atoms with Gasteiger partial charge in [0.15, 0.2) is 0 Å². The van der Waals surface area contributed by atoms with Crippen molar-refractivity contribution < 1.29 is 4.74 Å². The van der Waals surface area contributed by atoms with Crippen LogP contribution in [-0.4, -0.2) is 6.61 Å². The number of thiophene rings is 1. The molecule has 0 fully saturated rings. The smallest absolute Gasteiger partial charge is 0.0899 e. The highest BCUT2D eigenvalue weighted by molar-refractivity contribution is 9.10. The summed E-state index contributed by atoms with van der Waals surface area (Å²) in [6.45, 7) is 4.85. The maximum Gasteiger partial charge on any atom is 0.0899 e. The highest BCUT2D eigenvalue weighted by Crippen LogP contribution is 2.30. The molecule has 0 bridgehead atoms. The molecule has 62 valence electrons. The average molecular weight is 235 g/mol. The zero-order valence-electron chi connectivity index (χ0n) is 6.63. The van der Waals surface area contributed by atoms with Crippen LogP contribution < -0.4 is 0 Å². The summed E-state index contributed by atoms with van der Waals surface area (Å²) in [6, 6.07) is 2.05. The van der Waals surface area contributed by atoms with Crippen molar-refractivity contribution in [2.75, 3.05) is 6.61 Å². The number of halogens is 1. The summed E-state index contributed by atoms with van der Waals surface area (Å²) in [5.41, 5.74) is 0. The van der Waals surface area contributed by atoms with Crippen LogP contribution in [0, 0.1) is 0 Å². The lowest BCUT2D eigenvalue weighted by atomic mass is 10.3. The van der Waals surface area contributed by atoms with Crippen molar-refractivity contribution in [1.82, 2.24) is 0 Å². The average Bonchev–Trinajstić information content (AvgIpc) is 2.36. The molecule has 0 aliphatic heterocycles. The van der Waals surface area contributed by atoms with Crippen molar-refractivity contribution in [2.24, 2.45) is 0 Å². The first kappa shape index (κ1) is 9.23. The van der Waals surface area contributed by atoms with Gasteiger partial charge in [-0.2, -0.15) is 0 Å². The van der Waals surface area contributed by atoms with Crippen LogP contribution in [0.4, 0.5) is 0 Å². The first-order valence-electron chi connectivity index (χ1n) is 3.60. The van der Waals surface area contributed by atoms with Crippen LogP contribution in [0.5, 0.6) is 0 Å². The van der Waals surface area contributed by atoms with E-state index in [1.807, 2.05) is 6.92 Å². The number of ether oxygens (including phenoxy) is 1. The fourth-order valence-electron chi connectivity index (χ4n) is 0.921. The van der Waals surface area contributed by atoms with Crippen LogP contribution in [0.1, 0.15) is 24.8 Å². The highest BCUT2D eigenvalue weighted by atomic mass is 79.9. The Morgan fingerprint density at radius 2 is 2.45 bits per heavy atom. The van der Waals surface area contributed by atoms with Gasteiger partial charge in [-0.15, -0.1) is 11.3 Å². The molecule has 11 heavy (non-hydrogen) atoms. The predicted octanol–water partition coefficient (Wildman–Crippen LogP) is 3.61. The predicted molar refractivity (Wildman–Crippen MR) is 52.1 cm³/mol. The SMILES string of the molecule is CCO[C@@H](C)c1sccc1Br. The highest BCUT2D eigenvalue weighted by Gasteiger charge is 2.09. The maximum atomic E-state index is 5.45. The standard InChI is InChI=1S/C8H11BrOS/c1-3-10-6(2)8-7(9)4-5-11-8/h4-6H,3H2,1-2H3/t6-/m0/s1. The van der Waals surface area contributed by atoms with E-state index in [1.165, 1.54) is 4.88 Å². The summed E-state index contributed by atoms with van der Waals surface area (Å²) in [5, 5.41) is 2.06. The topological polar surface area (TPSA) is 9.23 Å². The van der Waals surface area contributed by atoms with Crippen LogP contribution in [0.25, 0.3) is 0 Å². The Kier molecular flexibility index (Phi) is 3.55. The largest absolute Gasteiger partial charge is 0.373 e. The minimum Gasteiger partial charge on any atom is -0.373 e. The molecule has 0 radical (unpaired) electrons. The fraction of sp³-hybridized carbons (Fsp3) is 0.500. The second kappa shape index (κ2) is 4.24. The maximum absolute atomic E-state index is 5.45. The van der Waals surface area contributed by atoms with Gasteiger partial charge in [-0.05, 0) is 41.2 Å². The van der Waals surface area contributed by atoms with Crippen molar-refractivity contribution in [1.29, 1.82) is 0 Å². The molecule has 1 heterocycles. The van der Waals surface area contributed by atoms with E-state index in [0.717, 1.165) is 11.1 Å². The molecule has 1 aromatic heterocycles. The third kappa shape index (κ3) is 2.29. The molecule has 0 saturated carbocycles. The first-order valence-corrected chi connectivity index (χ1v) is 5.27. The third-order valence-corrected chi connectivity index (χ3v) is 3.46. The Balaban J connectivity index is 2.67. The second-order valence-corrected chi connectivity index (χ2v) is 4.03. The normalized spacial score (nSPS) is 13.4. The molecule has 1 nitrogen and oxygen atoms in total. The Hall–Kier alpha value is 0.140. The van der Waals surface area contributed by atoms with Crippen LogP contribution >= 0.6 is 27.3 Å². The summed E-state index contributed by atoms with van der Waals surface area (Å²) in [6.07, 6.45) is 0.217. The van der Waals surface area contributed by atoms with Crippen molar-refractivity contribution >= 4 is 27.3 Å². The molecule has 0 aromatic carbocycles. The molecule has 1 rings (SSSR count). The number of hydrogen-bond donors (Lipinski definition) is 0. The van der Waals surface area contributed by atoms with Gasteiger partial charge < -0.3 is 4.74 Å². The van der Waals surface area contributed by atoms with Crippen LogP contribution in [0.2, 0.25) is 0 Å². The molecule has 0 unspecified atom stereocenters. The minimum atomic E-state index is 0.217. The Morgan fingerprint density at radius 1 is 1.73 bits per heavy atom. The Morgan fingerprint density at radius 3 is 2.91 bits per heavy atom. The van der Waals surface area contributed by atoms with Gasteiger partial charge in [0.2, 0.25) is 0 Å². The Labute approximate surface area is 79.5 Å². The Bertz CT molecular complexity index is 222. The molecule has 0 saturated heterocycles. The van der Waals surface area contributed by atoms with Crippen molar-refractivity contribution in [3.63, 3.8) is 0 Å². The van der Waals surface area contributed by atoms with Gasteiger partial charge in [-0.25, -0.2) is 0 Å². The molecule has 3 heteroatoms. The molecule has 0 amide bonds. The summed E-state index contributed by atoms with van der Waals surface area (Å²) >= 11 is 5.19. The van der Waals surface area contributed by atoms with Gasteiger partial charge in [0, 0.05) is 16.0 Å². The molecule has 1 aromatic rings. The fourth-order valence-corrected chi connectivity index (χ4v) is 2.62. The van der Waals surface area contributed by atoms with E-state index in [9.17, 15) is 0 Å². The van der Waals surface area contributed by atoms with Gasteiger partial charge in [-0.3, -0.25) is 0 Å². The molecular formula is C8H11BrOS. The number of hydrogen-bond acceptors (Lipinski definition) is 2. The van der Waals surface area contributed by atoms with Crippen molar-refractivity contribution in [3.8, 4) is 0 Å². The molecule has 1 atom stereocenters.